The summed E-state index contributed by atoms with van der Waals surface area (Å²) in [6, 6.07) is 3.79. The number of thiophene rings is 1. The molecule has 0 saturated heterocycles. The molecule has 0 atom stereocenters. The van der Waals surface area contributed by atoms with Crippen LogP contribution in [0, 0.1) is 0 Å². The van der Waals surface area contributed by atoms with Gasteiger partial charge in [-0.1, -0.05) is 37.2 Å². The van der Waals surface area contributed by atoms with E-state index in [0.29, 0.717) is 6.42 Å². The second-order valence-electron chi connectivity index (χ2n) is 4.21. The molecule has 1 aromatic heterocycles. The van der Waals surface area contributed by atoms with Gasteiger partial charge in [-0.25, -0.2) is 0 Å². The number of alkyl halides is 1. The first kappa shape index (κ1) is 28.4. The van der Waals surface area contributed by atoms with Crippen molar-refractivity contribution in [3.8, 4) is 0 Å². The van der Waals surface area contributed by atoms with Gasteiger partial charge in [0.25, 0.3) is 0 Å². The molecule has 138 valence electrons. The van der Waals surface area contributed by atoms with Gasteiger partial charge in [-0.3, -0.25) is 4.79 Å². The molecule has 7 heteroatoms. The maximum Gasteiger partial charge on any atom is 0.174 e. The van der Waals surface area contributed by atoms with E-state index in [-0.39, 0.29) is 13.2 Å². The van der Waals surface area contributed by atoms with Gasteiger partial charge in [0, 0.05) is 17.6 Å². The van der Waals surface area contributed by atoms with Gasteiger partial charge < -0.3 is 11.1 Å². The van der Waals surface area contributed by atoms with Gasteiger partial charge in [0.05, 0.1) is 8.66 Å². The lowest BCUT2D eigenvalue weighted by atomic mass is 10.2. The predicted octanol–water partition coefficient (Wildman–Crippen LogP) is 5.78. The van der Waals surface area contributed by atoms with E-state index in [1.807, 2.05) is 12.1 Å². The van der Waals surface area contributed by atoms with Crippen molar-refractivity contribution in [1.82, 2.24) is 5.32 Å². The molecule has 0 unspecified atom stereocenters. The third kappa shape index (κ3) is 20.6. The molecular weight excluding hydrogens is 460 g/mol. The van der Waals surface area contributed by atoms with Crippen molar-refractivity contribution in [2.45, 2.75) is 40.5 Å². The van der Waals surface area contributed by atoms with Gasteiger partial charge >= 0.3 is 0 Å². The molecule has 0 saturated carbocycles. The molecule has 0 amide bonds. The lowest BCUT2D eigenvalue weighted by Crippen LogP contribution is -2.18. The van der Waals surface area contributed by atoms with Crippen LogP contribution in [0.15, 0.2) is 15.9 Å². The third-order valence-corrected chi connectivity index (χ3v) is 5.46. The van der Waals surface area contributed by atoms with Crippen molar-refractivity contribution in [2.75, 3.05) is 30.6 Å². The Morgan fingerprint density at radius 3 is 2.22 bits per heavy atom. The van der Waals surface area contributed by atoms with Crippen LogP contribution in [0.3, 0.4) is 0 Å². The van der Waals surface area contributed by atoms with Crippen LogP contribution in [0.5, 0.6) is 0 Å². The zero-order valence-corrected chi connectivity index (χ0v) is 18.5. The Hall–Kier alpha value is 0.600. The summed E-state index contributed by atoms with van der Waals surface area (Å²) in [7, 11) is 0. The van der Waals surface area contributed by atoms with E-state index in [1.165, 1.54) is 11.3 Å². The van der Waals surface area contributed by atoms with Gasteiger partial charge in [0.1, 0.15) is 0 Å². The summed E-state index contributed by atoms with van der Waals surface area (Å²) in [4.78, 5) is 12.4. The number of nitrogens with two attached hydrogens (primary N) is 1. The van der Waals surface area contributed by atoms with Crippen molar-refractivity contribution in [3.63, 3.8) is 0 Å². The smallest absolute Gasteiger partial charge is 0.174 e. The number of hydrogen-bond donors (Lipinski definition) is 2. The number of carbonyl (C=O) groups excluding carboxylic acids is 1. The van der Waals surface area contributed by atoms with Gasteiger partial charge in [0.2, 0.25) is 0 Å². The molecule has 0 radical (unpaired) electrons. The van der Waals surface area contributed by atoms with Crippen LogP contribution in [0.25, 0.3) is 0 Å². The molecule has 0 spiro atoms. The van der Waals surface area contributed by atoms with E-state index in [4.69, 9.17) is 5.73 Å². The molecule has 0 bridgehead atoms. The second-order valence-corrected chi connectivity index (χ2v) is 8.85. The maximum absolute atomic E-state index is 11.6. The highest BCUT2D eigenvalue weighted by molar-refractivity contribution is 9.11. The second kappa shape index (κ2) is 22.6. The van der Waals surface area contributed by atoms with Crippen molar-refractivity contribution in [1.29, 1.82) is 0 Å². The number of nitrogens with one attached hydrogen (secondary N) is 1. The van der Waals surface area contributed by atoms with Crippen LogP contribution in [0.4, 0.5) is 0 Å². The fraction of sp³-hybridized carbons (Fsp3) is 0.688. The van der Waals surface area contributed by atoms with E-state index in [2.05, 4.69) is 57.3 Å². The van der Waals surface area contributed by atoms with Crippen molar-refractivity contribution < 1.29 is 4.79 Å². The van der Waals surface area contributed by atoms with Gasteiger partial charge in [0.15, 0.2) is 5.78 Å². The van der Waals surface area contributed by atoms with Gasteiger partial charge in [-0.2, -0.15) is 11.8 Å². The number of thioether (sulfide) groups is 1. The molecule has 23 heavy (non-hydrogen) atoms. The Balaban J connectivity index is -0.000000374. The minimum Gasteiger partial charge on any atom is -0.330 e. The summed E-state index contributed by atoms with van der Waals surface area (Å²) in [5.74, 6) is 0.226. The van der Waals surface area contributed by atoms with Crippen LogP contribution in [0.2, 0.25) is 0 Å². The van der Waals surface area contributed by atoms with E-state index in [1.54, 1.807) is 11.8 Å². The summed E-state index contributed by atoms with van der Waals surface area (Å²) in [6.45, 7) is 6.76. The molecule has 0 aliphatic rings. The van der Waals surface area contributed by atoms with E-state index in [9.17, 15) is 4.79 Å². The van der Waals surface area contributed by atoms with Crippen LogP contribution in [0.1, 0.15) is 50.2 Å². The molecule has 1 heterocycles. The maximum atomic E-state index is 11.6. The standard InChI is InChI=1S/C10H14BrNOS.C3H9N.C2H5BrS.CH4/c1-2-6-12-7-5-8(13)9-3-4-10(11)14-9;1-2-3-4;1-4-2-3;/h3-4,12H,2,5-7H2,1H3;2-4H2,1H3;2H2,1H3;1H4. The monoisotopic (exact) mass is 490 g/mol. The van der Waals surface area contributed by atoms with Gasteiger partial charge in [-0.05, 0) is 60.2 Å². The van der Waals surface area contributed by atoms with Crippen molar-refractivity contribution in [3.05, 3.63) is 20.8 Å². The fourth-order valence-corrected chi connectivity index (χ4v) is 2.44. The molecule has 0 fully saturated rings. The fourth-order valence-electron chi connectivity index (χ4n) is 1.09. The van der Waals surface area contributed by atoms with Crippen LogP contribution in [-0.2, 0) is 0 Å². The minimum absolute atomic E-state index is 0. The molecule has 3 N–H and O–H groups in total. The molecule has 0 aliphatic heterocycles. The molecule has 3 nitrogen and oxygen atoms in total. The normalized spacial score (nSPS) is 8.96. The Morgan fingerprint density at radius 2 is 1.87 bits per heavy atom. The topological polar surface area (TPSA) is 55.1 Å². The number of rotatable bonds is 8. The van der Waals surface area contributed by atoms with E-state index >= 15 is 0 Å². The zero-order valence-electron chi connectivity index (χ0n) is 13.7. The molecule has 1 aromatic rings. The lowest BCUT2D eigenvalue weighted by Gasteiger charge is -2.00. The molecular formula is C16H32Br2N2OS2. The average Bonchev–Trinajstić information content (AvgIpc) is 2.98. The van der Waals surface area contributed by atoms with E-state index < -0.39 is 0 Å². The first-order chi connectivity index (χ1) is 10.6. The Morgan fingerprint density at radius 1 is 1.30 bits per heavy atom. The van der Waals surface area contributed by atoms with E-state index in [0.717, 1.165) is 45.8 Å². The zero-order chi connectivity index (χ0) is 17.2. The largest absolute Gasteiger partial charge is 0.330 e. The highest BCUT2D eigenvalue weighted by Crippen LogP contribution is 2.22. The summed E-state index contributed by atoms with van der Waals surface area (Å²) in [5, 5.41) is 3.21. The van der Waals surface area contributed by atoms with Crippen molar-refractivity contribution >= 4 is 60.7 Å². The summed E-state index contributed by atoms with van der Waals surface area (Å²) >= 11 is 9.83. The third-order valence-electron chi connectivity index (χ3n) is 2.20. The first-order valence-electron chi connectivity index (χ1n) is 7.31. The highest BCUT2D eigenvalue weighted by Gasteiger charge is 2.07. The van der Waals surface area contributed by atoms with Crippen molar-refractivity contribution in [2.24, 2.45) is 5.73 Å². The first-order valence-corrected chi connectivity index (χ1v) is 11.4. The molecule has 1 rings (SSSR count). The average molecular weight is 492 g/mol. The molecule has 0 aromatic carbocycles. The number of hydrogen-bond acceptors (Lipinski definition) is 5. The minimum atomic E-state index is 0. The summed E-state index contributed by atoms with van der Waals surface area (Å²) in [6.07, 6.45) is 4.85. The SMILES string of the molecule is C.CCCN.CCCNCCC(=O)c1ccc(Br)s1.CSCBr. The van der Waals surface area contributed by atoms with Gasteiger partial charge in [-0.15, -0.1) is 11.3 Å². The van der Waals surface area contributed by atoms with Crippen LogP contribution >= 0.6 is 55.0 Å². The Labute approximate surface area is 167 Å². The van der Waals surface area contributed by atoms with Crippen LogP contribution in [-0.4, -0.2) is 36.3 Å². The lowest BCUT2D eigenvalue weighted by molar-refractivity contribution is 0.0986. The molecule has 0 aliphatic carbocycles. The number of carbonyl (C=O) groups is 1. The highest BCUT2D eigenvalue weighted by atomic mass is 79.9. The Kier molecular flexibility index (Phi) is 27.9. The Bertz CT molecular complexity index is 356. The predicted molar refractivity (Wildman–Crippen MR) is 118 cm³/mol. The number of halogens is 2. The summed E-state index contributed by atoms with van der Waals surface area (Å²) < 4.78 is 2.06. The van der Waals surface area contributed by atoms with Crippen LogP contribution < -0.4 is 11.1 Å². The number of ketones is 1. The quantitative estimate of drug-likeness (QED) is 0.275. The number of Topliss-reactive ketones (excluding diaryl/α,β-unsaturated/α-hetero) is 1. The summed E-state index contributed by atoms with van der Waals surface area (Å²) in [5.41, 5.74) is 5.03.